The van der Waals surface area contributed by atoms with Crippen LogP contribution in [-0.2, 0) is 0 Å². The normalized spacial score (nSPS) is 8.69. The Balaban J connectivity index is 3.41. The maximum absolute atomic E-state index is 13.2. The van der Waals surface area contributed by atoms with Gasteiger partial charge < -0.3 is 0 Å². The zero-order chi connectivity index (χ0) is 9.84. The van der Waals surface area contributed by atoms with Crippen molar-refractivity contribution in [1.82, 2.24) is 0 Å². The van der Waals surface area contributed by atoms with E-state index < -0.39 is 5.82 Å². The summed E-state index contributed by atoms with van der Waals surface area (Å²) in [4.78, 5) is 6.47. The van der Waals surface area contributed by atoms with Gasteiger partial charge in [0.15, 0.2) is 5.82 Å². The molecule has 0 aliphatic rings. The molecule has 0 aliphatic heterocycles. The number of aliphatic imine (C=N–C) groups is 1. The highest BCUT2D eigenvalue weighted by Gasteiger charge is 2.10. The standard InChI is InChI=1S/C8H2ClFN2S/c1-11-5-2-3-6(12-4-13)8(10)7(5)9/h2-3H. The molecule has 0 aliphatic carbocycles. The van der Waals surface area contributed by atoms with Crippen molar-refractivity contribution < 1.29 is 4.39 Å². The Morgan fingerprint density at radius 1 is 1.62 bits per heavy atom. The van der Waals surface area contributed by atoms with Gasteiger partial charge in [-0.1, -0.05) is 17.7 Å². The summed E-state index contributed by atoms with van der Waals surface area (Å²) >= 11 is 9.83. The maximum Gasteiger partial charge on any atom is 0.208 e. The molecule has 0 aromatic heterocycles. The first-order valence-electron chi connectivity index (χ1n) is 3.14. The molecule has 0 bridgehead atoms. The Labute approximate surface area is 84.5 Å². The van der Waals surface area contributed by atoms with Crippen LogP contribution in [0.4, 0.5) is 15.8 Å². The van der Waals surface area contributed by atoms with E-state index in [9.17, 15) is 4.39 Å². The summed E-state index contributed by atoms with van der Waals surface area (Å²) in [5, 5.41) is 1.79. The lowest BCUT2D eigenvalue weighted by molar-refractivity contribution is 0.631. The van der Waals surface area contributed by atoms with Gasteiger partial charge in [-0.25, -0.2) is 9.24 Å². The number of nitrogens with zero attached hydrogens (tertiary/aromatic N) is 2. The number of isothiocyanates is 1. The van der Waals surface area contributed by atoms with E-state index in [1.54, 1.807) is 0 Å². The summed E-state index contributed by atoms with van der Waals surface area (Å²) < 4.78 is 13.2. The van der Waals surface area contributed by atoms with Crippen molar-refractivity contribution in [2.24, 2.45) is 4.99 Å². The first-order chi connectivity index (χ1) is 6.20. The van der Waals surface area contributed by atoms with Crippen LogP contribution in [-0.4, -0.2) is 5.16 Å². The van der Waals surface area contributed by atoms with Crippen molar-refractivity contribution in [3.8, 4) is 0 Å². The molecule has 0 atom stereocenters. The van der Waals surface area contributed by atoms with Crippen LogP contribution in [0.3, 0.4) is 0 Å². The van der Waals surface area contributed by atoms with E-state index in [-0.39, 0.29) is 16.4 Å². The average Bonchev–Trinajstić information content (AvgIpc) is 2.14. The lowest BCUT2D eigenvalue weighted by atomic mass is 10.3. The zero-order valence-corrected chi connectivity index (χ0v) is 7.79. The Kier molecular flexibility index (Phi) is 3.10. The Hall–Kier alpha value is -1.27. The fourth-order valence-corrected chi connectivity index (χ4v) is 1.05. The van der Waals surface area contributed by atoms with E-state index in [2.05, 4.69) is 22.1 Å². The lowest BCUT2D eigenvalue weighted by Gasteiger charge is -1.98. The first-order valence-corrected chi connectivity index (χ1v) is 3.92. The summed E-state index contributed by atoms with van der Waals surface area (Å²) in [6, 6.07) is 2.71. The molecular weight excluding hydrogens is 211 g/mol. The monoisotopic (exact) mass is 212 g/mol. The third-order valence-corrected chi connectivity index (χ3v) is 1.78. The second kappa shape index (κ2) is 4.11. The van der Waals surface area contributed by atoms with E-state index in [1.165, 1.54) is 12.1 Å². The minimum Gasteiger partial charge on any atom is -0.236 e. The molecule has 1 rings (SSSR count). The van der Waals surface area contributed by atoms with Gasteiger partial charge in [0, 0.05) is 0 Å². The summed E-state index contributed by atoms with van der Waals surface area (Å²) in [6.07, 6.45) is 0. The molecule has 13 heavy (non-hydrogen) atoms. The van der Waals surface area contributed by atoms with Crippen LogP contribution in [0.15, 0.2) is 17.1 Å². The van der Waals surface area contributed by atoms with Crippen molar-refractivity contribution in [3.63, 3.8) is 0 Å². The van der Waals surface area contributed by atoms with Crippen LogP contribution in [0.5, 0.6) is 0 Å². The number of halogens is 2. The van der Waals surface area contributed by atoms with Gasteiger partial charge in [-0.15, -0.1) is 0 Å². The number of hydrogen-bond donors (Lipinski definition) is 0. The number of hydrogen-bond acceptors (Lipinski definition) is 2. The molecule has 64 valence electrons. The summed E-state index contributed by atoms with van der Waals surface area (Å²) in [7, 11) is 0. The second-order valence-corrected chi connectivity index (χ2v) is 2.61. The highest BCUT2D eigenvalue weighted by atomic mass is 35.5. The molecule has 1 aromatic carbocycles. The highest BCUT2D eigenvalue weighted by Crippen LogP contribution is 2.33. The van der Waals surface area contributed by atoms with Crippen molar-refractivity contribution >= 4 is 40.4 Å². The topological polar surface area (TPSA) is 16.7 Å². The van der Waals surface area contributed by atoms with Crippen molar-refractivity contribution in [2.75, 3.05) is 0 Å². The van der Waals surface area contributed by atoms with Crippen LogP contribution in [0.25, 0.3) is 4.85 Å². The van der Waals surface area contributed by atoms with E-state index >= 15 is 0 Å². The fourth-order valence-electron chi connectivity index (χ4n) is 0.751. The minimum atomic E-state index is -0.743. The molecule has 0 fully saturated rings. The van der Waals surface area contributed by atoms with Crippen molar-refractivity contribution in [1.29, 1.82) is 0 Å². The first kappa shape index (κ1) is 9.82. The zero-order valence-electron chi connectivity index (χ0n) is 6.21. The van der Waals surface area contributed by atoms with E-state index in [1.807, 2.05) is 5.16 Å². The van der Waals surface area contributed by atoms with Crippen LogP contribution >= 0.6 is 23.8 Å². The van der Waals surface area contributed by atoms with Gasteiger partial charge in [0.1, 0.15) is 5.69 Å². The van der Waals surface area contributed by atoms with Crippen molar-refractivity contribution in [3.05, 3.63) is 34.4 Å². The molecule has 0 saturated carbocycles. The van der Waals surface area contributed by atoms with Gasteiger partial charge in [-0.05, 0) is 18.3 Å². The minimum absolute atomic E-state index is 0.00704. The van der Waals surface area contributed by atoms with Gasteiger partial charge in [-0.2, -0.15) is 4.99 Å². The highest BCUT2D eigenvalue weighted by molar-refractivity contribution is 7.78. The second-order valence-electron chi connectivity index (χ2n) is 2.05. The molecule has 0 heterocycles. The molecule has 0 saturated heterocycles. The van der Waals surface area contributed by atoms with Gasteiger partial charge in [-0.3, -0.25) is 0 Å². The molecule has 0 unspecified atom stereocenters. The van der Waals surface area contributed by atoms with E-state index in [0.717, 1.165) is 0 Å². The molecule has 1 aromatic rings. The third kappa shape index (κ3) is 1.90. The quantitative estimate of drug-likeness (QED) is 0.393. The van der Waals surface area contributed by atoms with Gasteiger partial charge in [0.05, 0.1) is 16.8 Å². The molecule has 0 spiro atoms. The number of benzene rings is 1. The van der Waals surface area contributed by atoms with Crippen LogP contribution < -0.4 is 0 Å². The van der Waals surface area contributed by atoms with Crippen LogP contribution in [0, 0.1) is 12.4 Å². The number of rotatable bonds is 1. The molecule has 0 amide bonds. The maximum atomic E-state index is 13.2. The van der Waals surface area contributed by atoms with Gasteiger partial charge >= 0.3 is 0 Å². The third-order valence-electron chi connectivity index (χ3n) is 1.33. The Bertz CT molecular complexity index is 433. The van der Waals surface area contributed by atoms with Gasteiger partial charge in [0.25, 0.3) is 0 Å². The summed E-state index contributed by atoms with van der Waals surface area (Å²) in [5.74, 6) is -0.743. The van der Waals surface area contributed by atoms with E-state index in [4.69, 9.17) is 18.2 Å². The predicted octanol–water partition coefficient (Wildman–Crippen LogP) is 3.76. The summed E-state index contributed by atoms with van der Waals surface area (Å²) in [6.45, 7) is 6.66. The van der Waals surface area contributed by atoms with E-state index in [0.29, 0.717) is 0 Å². The molecule has 2 nitrogen and oxygen atoms in total. The molecule has 0 radical (unpaired) electrons. The predicted molar refractivity (Wildman–Crippen MR) is 52.4 cm³/mol. The SMILES string of the molecule is [C-]#[N+]c1ccc(N=C=S)c(F)c1Cl. The Morgan fingerprint density at radius 2 is 2.31 bits per heavy atom. The van der Waals surface area contributed by atoms with Crippen LogP contribution in [0.1, 0.15) is 0 Å². The van der Waals surface area contributed by atoms with Crippen LogP contribution in [0.2, 0.25) is 5.02 Å². The molecular formula is C8H2ClFN2S. The fraction of sp³-hybridized carbons (Fsp3) is 0. The molecule has 0 N–H and O–H groups in total. The molecule has 5 heteroatoms. The largest absolute Gasteiger partial charge is 0.236 e. The van der Waals surface area contributed by atoms with Gasteiger partial charge in [0.2, 0.25) is 5.69 Å². The number of thiocarbonyl (C=S) groups is 1. The smallest absolute Gasteiger partial charge is 0.208 e. The lowest BCUT2D eigenvalue weighted by Crippen LogP contribution is -1.77. The Morgan fingerprint density at radius 3 is 2.85 bits per heavy atom. The average molecular weight is 213 g/mol. The summed E-state index contributed by atoms with van der Waals surface area (Å²) in [5.41, 5.74) is 0.0508. The van der Waals surface area contributed by atoms with Crippen molar-refractivity contribution in [2.45, 2.75) is 0 Å².